The van der Waals surface area contributed by atoms with E-state index in [4.69, 9.17) is 34.8 Å². The summed E-state index contributed by atoms with van der Waals surface area (Å²) in [7, 11) is 0.827. The Kier molecular flexibility index (Phi) is 2.87. The van der Waals surface area contributed by atoms with Gasteiger partial charge in [0, 0.05) is 15.3 Å². The summed E-state index contributed by atoms with van der Waals surface area (Å²) in [5, 5.41) is 2.94. The van der Waals surface area contributed by atoms with Crippen LogP contribution in [0.1, 0.15) is 5.56 Å². The number of hydrogen-bond acceptors (Lipinski definition) is 0. The fraction of sp³-hybridized carbons (Fsp3) is 0.143. The topological polar surface area (TPSA) is 0 Å². The van der Waals surface area contributed by atoms with Gasteiger partial charge in [-0.3, -0.25) is 0 Å². The molecule has 0 unspecified atom stereocenters. The minimum atomic E-state index is 0.614. The van der Waals surface area contributed by atoms with Gasteiger partial charge in [0.25, 0.3) is 0 Å². The lowest BCUT2D eigenvalue weighted by molar-refractivity contribution is 1.49. The van der Waals surface area contributed by atoms with Gasteiger partial charge in [0.1, 0.15) is 0 Å². The molecule has 0 aliphatic heterocycles. The van der Waals surface area contributed by atoms with Gasteiger partial charge in [-0.25, -0.2) is 0 Å². The Balaban J connectivity index is 3.46. The van der Waals surface area contributed by atoms with E-state index < -0.39 is 0 Å². The highest BCUT2D eigenvalue weighted by Gasteiger charge is 2.07. The molecule has 1 aromatic carbocycles. The van der Waals surface area contributed by atoms with Crippen molar-refractivity contribution in [2.45, 2.75) is 6.92 Å². The summed E-state index contributed by atoms with van der Waals surface area (Å²) in [5.74, 6) is 0. The molecule has 0 aliphatic carbocycles. The molecule has 11 heavy (non-hydrogen) atoms. The van der Waals surface area contributed by atoms with Gasteiger partial charge in [0.15, 0.2) is 0 Å². The summed E-state index contributed by atoms with van der Waals surface area (Å²) in [5.41, 5.74) is 0.932. The van der Waals surface area contributed by atoms with Gasteiger partial charge < -0.3 is 0 Å². The van der Waals surface area contributed by atoms with E-state index in [1.165, 1.54) is 0 Å². The van der Waals surface area contributed by atoms with Crippen molar-refractivity contribution in [3.8, 4) is 0 Å². The van der Waals surface area contributed by atoms with Crippen LogP contribution in [0.5, 0.6) is 0 Å². The third kappa shape index (κ3) is 1.72. The Labute approximate surface area is 83.9 Å². The third-order valence-electron chi connectivity index (χ3n) is 1.57. The summed E-state index contributed by atoms with van der Waals surface area (Å²) < 4.78 is 0. The molecule has 0 saturated carbocycles. The highest BCUT2D eigenvalue weighted by molar-refractivity contribution is 6.55. The molecule has 0 atom stereocenters. The Hall–Kier alpha value is 0.307. The summed E-state index contributed by atoms with van der Waals surface area (Å²) in [6.45, 7) is 1.89. The van der Waals surface area contributed by atoms with Crippen LogP contribution in [-0.2, 0) is 0 Å². The third-order valence-corrected chi connectivity index (χ3v) is 4.69. The van der Waals surface area contributed by atoms with Gasteiger partial charge >= 0.3 is 0 Å². The van der Waals surface area contributed by atoms with Crippen LogP contribution >= 0.6 is 34.8 Å². The maximum atomic E-state index is 5.91. The second kappa shape index (κ2) is 3.36. The number of halogens is 3. The smallest absolute Gasteiger partial charge is 0.0620 e. The molecule has 0 fully saturated rings. The SMILES string of the molecule is Cc1cc(Cl)c([SiH3])c(Cl)c1Cl. The highest BCUT2D eigenvalue weighted by atomic mass is 35.5. The zero-order valence-corrected chi connectivity index (χ0v) is 10.5. The molecule has 0 saturated heterocycles. The van der Waals surface area contributed by atoms with Crippen LogP contribution in [-0.4, -0.2) is 10.2 Å². The van der Waals surface area contributed by atoms with Crippen molar-refractivity contribution in [3.05, 3.63) is 26.7 Å². The van der Waals surface area contributed by atoms with Gasteiger partial charge in [-0.05, 0) is 23.7 Å². The van der Waals surface area contributed by atoms with Gasteiger partial charge in [-0.2, -0.15) is 0 Å². The summed E-state index contributed by atoms with van der Waals surface area (Å²) in [6.07, 6.45) is 0. The molecular weight excluding hydrogens is 219 g/mol. The van der Waals surface area contributed by atoms with Crippen LogP contribution in [0.25, 0.3) is 0 Å². The van der Waals surface area contributed by atoms with E-state index in [2.05, 4.69) is 0 Å². The largest absolute Gasteiger partial charge is 0.0844 e. The lowest BCUT2D eigenvalue weighted by atomic mass is 10.2. The fourth-order valence-corrected chi connectivity index (χ4v) is 2.11. The minimum absolute atomic E-state index is 0.614. The molecule has 0 aliphatic rings. The van der Waals surface area contributed by atoms with Crippen molar-refractivity contribution >= 4 is 50.2 Å². The Morgan fingerprint density at radius 2 is 1.73 bits per heavy atom. The highest BCUT2D eigenvalue weighted by Crippen LogP contribution is 2.26. The minimum Gasteiger partial charge on any atom is -0.0844 e. The van der Waals surface area contributed by atoms with Crippen molar-refractivity contribution in [2.75, 3.05) is 0 Å². The molecule has 0 radical (unpaired) electrons. The zero-order valence-electron chi connectivity index (χ0n) is 6.21. The molecule has 0 N–H and O–H groups in total. The first kappa shape index (κ1) is 9.40. The first-order chi connectivity index (χ1) is 5.04. The lowest BCUT2D eigenvalue weighted by Gasteiger charge is -2.05. The average molecular weight is 226 g/mol. The van der Waals surface area contributed by atoms with Gasteiger partial charge in [0.2, 0.25) is 0 Å². The Morgan fingerprint density at radius 1 is 1.18 bits per heavy atom. The predicted molar refractivity (Wildman–Crippen MR) is 55.8 cm³/mol. The molecule has 4 heteroatoms. The number of benzene rings is 1. The fourth-order valence-electron chi connectivity index (χ4n) is 0.804. The van der Waals surface area contributed by atoms with E-state index in [-0.39, 0.29) is 0 Å². The molecule has 0 bridgehead atoms. The van der Waals surface area contributed by atoms with Crippen LogP contribution < -0.4 is 5.19 Å². The van der Waals surface area contributed by atoms with E-state index >= 15 is 0 Å². The summed E-state index contributed by atoms with van der Waals surface area (Å²) in [6, 6.07) is 1.85. The van der Waals surface area contributed by atoms with E-state index in [1.54, 1.807) is 0 Å². The summed E-state index contributed by atoms with van der Waals surface area (Å²) in [4.78, 5) is 0. The molecule has 1 aromatic rings. The molecule has 0 amide bonds. The van der Waals surface area contributed by atoms with Crippen molar-refractivity contribution in [1.82, 2.24) is 0 Å². The van der Waals surface area contributed by atoms with Crippen molar-refractivity contribution < 1.29 is 0 Å². The molecule has 0 aromatic heterocycles. The van der Waals surface area contributed by atoms with E-state index in [1.807, 2.05) is 13.0 Å². The second-order valence-corrected chi connectivity index (χ2v) is 4.59. The molecular formula is C7H7Cl3Si. The Morgan fingerprint density at radius 3 is 2.27 bits per heavy atom. The van der Waals surface area contributed by atoms with Crippen LogP contribution in [0, 0.1) is 6.92 Å². The zero-order chi connectivity index (χ0) is 8.59. The van der Waals surface area contributed by atoms with E-state index in [9.17, 15) is 0 Å². The molecule has 0 heterocycles. The monoisotopic (exact) mass is 224 g/mol. The van der Waals surface area contributed by atoms with Crippen molar-refractivity contribution in [2.24, 2.45) is 0 Å². The first-order valence-corrected chi connectivity index (χ1v) is 5.28. The van der Waals surface area contributed by atoms with Gasteiger partial charge in [0.05, 0.1) is 10.0 Å². The second-order valence-electron chi connectivity index (χ2n) is 2.43. The number of hydrogen-bond donors (Lipinski definition) is 0. The molecule has 1 rings (SSSR count). The van der Waals surface area contributed by atoms with E-state index in [0.29, 0.717) is 10.0 Å². The normalized spacial score (nSPS) is 10.5. The number of aryl methyl sites for hydroxylation is 1. The van der Waals surface area contributed by atoms with Gasteiger partial charge in [-0.1, -0.05) is 34.8 Å². The summed E-state index contributed by atoms with van der Waals surface area (Å²) >= 11 is 17.7. The first-order valence-electron chi connectivity index (χ1n) is 3.14. The number of rotatable bonds is 0. The van der Waals surface area contributed by atoms with Crippen molar-refractivity contribution in [1.29, 1.82) is 0 Å². The van der Waals surface area contributed by atoms with Crippen molar-refractivity contribution in [3.63, 3.8) is 0 Å². The van der Waals surface area contributed by atoms with E-state index in [0.717, 1.165) is 26.0 Å². The quantitative estimate of drug-likeness (QED) is 0.468. The standard InChI is InChI=1S/C7H7Cl3Si/c1-3-2-4(8)7(11)6(10)5(3)9/h2H,1,11H3. The van der Waals surface area contributed by atoms with Crippen LogP contribution in [0.2, 0.25) is 15.1 Å². The molecule has 0 spiro atoms. The maximum Gasteiger partial charge on any atom is 0.0620 e. The maximum absolute atomic E-state index is 5.91. The predicted octanol–water partition coefficient (Wildman–Crippen LogP) is 1.95. The average Bonchev–Trinajstić information content (AvgIpc) is 1.97. The van der Waals surface area contributed by atoms with Crippen LogP contribution in [0.15, 0.2) is 6.07 Å². The lowest BCUT2D eigenvalue weighted by Crippen LogP contribution is -2.06. The van der Waals surface area contributed by atoms with Gasteiger partial charge in [-0.15, -0.1) is 0 Å². The molecule has 0 nitrogen and oxygen atoms in total. The van der Waals surface area contributed by atoms with Crippen LogP contribution in [0.3, 0.4) is 0 Å². The Bertz CT molecular complexity index is 270. The van der Waals surface area contributed by atoms with Crippen LogP contribution in [0.4, 0.5) is 0 Å². The molecule has 60 valence electrons.